The molecule has 0 amide bonds. The smallest absolute Gasteiger partial charge is 0.266 e. The van der Waals surface area contributed by atoms with Crippen LogP contribution >= 0.6 is 15.9 Å². The number of nitrogens with two attached hydrogens (primary N) is 1. The minimum Gasteiger partial charge on any atom is -0.383 e. The lowest BCUT2D eigenvalue weighted by Gasteiger charge is -2.04. The summed E-state index contributed by atoms with van der Waals surface area (Å²) in [6.45, 7) is 0. The fourth-order valence-electron chi connectivity index (χ4n) is 0.773. The Morgan fingerprint density at radius 3 is 2.69 bits per heavy atom. The number of anilines is 1. The topological polar surface area (TPSA) is 62.7 Å². The van der Waals surface area contributed by atoms with Crippen LogP contribution in [0, 0.1) is 11.3 Å². The minimum atomic E-state index is -2.72. The maximum absolute atomic E-state index is 12.3. The molecule has 0 unspecified atom stereocenters. The number of aromatic nitrogens is 1. The monoisotopic (exact) mass is 247 g/mol. The molecular weight excluding hydrogens is 244 g/mol. The van der Waals surface area contributed by atoms with Crippen LogP contribution in [0.2, 0.25) is 0 Å². The van der Waals surface area contributed by atoms with E-state index in [1.165, 1.54) is 0 Å². The maximum Gasteiger partial charge on any atom is 0.266 e. The highest BCUT2D eigenvalue weighted by atomic mass is 79.9. The largest absolute Gasteiger partial charge is 0.383 e. The zero-order chi connectivity index (χ0) is 10.0. The molecule has 0 saturated carbocycles. The van der Waals surface area contributed by atoms with Crippen molar-refractivity contribution in [2.75, 3.05) is 5.73 Å². The number of nitrogen functional groups attached to an aromatic ring is 1. The van der Waals surface area contributed by atoms with Gasteiger partial charge in [0.2, 0.25) is 0 Å². The summed E-state index contributed by atoms with van der Waals surface area (Å²) in [4.78, 5) is 3.50. The first kappa shape index (κ1) is 9.86. The predicted molar refractivity (Wildman–Crippen MR) is 46.0 cm³/mol. The lowest BCUT2D eigenvalue weighted by Crippen LogP contribution is -1.99. The molecule has 2 N–H and O–H groups in total. The minimum absolute atomic E-state index is 0.0287. The number of pyridine rings is 1. The second-order valence-electron chi connectivity index (χ2n) is 2.21. The summed E-state index contributed by atoms with van der Waals surface area (Å²) in [7, 11) is 0. The van der Waals surface area contributed by atoms with E-state index in [9.17, 15) is 8.78 Å². The maximum atomic E-state index is 12.3. The van der Waals surface area contributed by atoms with Gasteiger partial charge in [0.25, 0.3) is 6.43 Å². The summed E-state index contributed by atoms with van der Waals surface area (Å²) in [5.74, 6) is 0.0287. The molecule has 0 bridgehead atoms. The summed E-state index contributed by atoms with van der Waals surface area (Å²) in [6.07, 6.45) is -2.72. The highest BCUT2D eigenvalue weighted by molar-refractivity contribution is 9.10. The first-order valence-corrected chi connectivity index (χ1v) is 3.99. The summed E-state index contributed by atoms with van der Waals surface area (Å²) in [5.41, 5.74) is 4.56. The highest BCUT2D eigenvalue weighted by Gasteiger charge is 2.16. The molecule has 1 rings (SSSR count). The Kier molecular flexibility index (Phi) is 2.78. The first-order chi connectivity index (χ1) is 6.06. The van der Waals surface area contributed by atoms with Crippen molar-refractivity contribution in [2.45, 2.75) is 6.43 Å². The fraction of sp³-hybridized carbons (Fsp3) is 0.143. The Balaban J connectivity index is 3.35. The second-order valence-corrected chi connectivity index (χ2v) is 3.06. The van der Waals surface area contributed by atoms with Crippen molar-refractivity contribution in [3.63, 3.8) is 0 Å². The third kappa shape index (κ3) is 1.92. The fourth-order valence-corrected chi connectivity index (χ4v) is 1.11. The number of nitriles is 1. The number of nitrogens with zero attached hydrogens (tertiary/aromatic N) is 2. The Morgan fingerprint density at radius 1 is 1.62 bits per heavy atom. The van der Waals surface area contributed by atoms with Gasteiger partial charge in [-0.3, -0.25) is 0 Å². The molecule has 0 aliphatic rings. The van der Waals surface area contributed by atoms with Crippen LogP contribution in [0.25, 0.3) is 0 Å². The molecule has 0 saturated heterocycles. The zero-order valence-corrected chi connectivity index (χ0v) is 7.85. The zero-order valence-electron chi connectivity index (χ0n) is 6.26. The van der Waals surface area contributed by atoms with Crippen molar-refractivity contribution in [1.29, 1.82) is 5.26 Å². The van der Waals surface area contributed by atoms with Crippen molar-refractivity contribution < 1.29 is 8.78 Å². The molecule has 1 heterocycles. The number of alkyl halides is 2. The summed E-state index contributed by atoms with van der Waals surface area (Å²) < 4.78 is 24.8. The van der Waals surface area contributed by atoms with Gasteiger partial charge in [0, 0.05) is 0 Å². The van der Waals surface area contributed by atoms with Gasteiger partial charge in [-0.15, -0.1) is 0 Å². The predicted octanol–water partition coefficient (Wildman–Crippen LogP) is 2.24. The Bertz CT molecular complexity index is 373. The average Bonchev–Trinajstić information content (AvgIpc) is 2.08. The third-order valence-electron chi connectivity index (χ3n) is 1.37. The summed E-state index contributed by atoms with van der Waals surface area (Å²) in [6, 6.07) is 2.66. The molecule has 0 atom stereocenters. The van der Waals surface area contributed by atoms with Crippen molar-refractivity contribution in [1.82, 2.24) is 4.98 Å². The van der Waals surface area contributed by atoms with Crippen LogP contribution < -0.4 is 5.73 Å². The summed E-state index contributed by atoms with van der Waals surface area (Å²) >= 11 is 2.95. The molecule has 1 aromatic heterocycles. The number of rotatable bonds is 1. The number of hydrogen-bond acceptors (Lipinski definition) is 3. The van der Waals surface area contributed by atoms with Gasteiger partial charge in [0.15, 0.2) is 5.69 Å². The molecule has 0 spiro atoms. The van der Waals surface area contributed by atoms with Crippen LogP contribution in [-0.2, 0) is 0 Å². The first-order valence-electron chi connectivity index (χ1n) is 3.20. The van der Waals surface area contributed by atoms with Gasteiger partial charge < -0.3 is 5.73 Å². The lowest BCUT2D eigenvalue weighted by molar-refractivity contribution is 0.150. The van der Waals surface area contributed by atoms with Gasteiger partial charge in [0.05, 0.1) is 10.0 Å². The van der Waals surface area contributed by atoms with Crippen molar-refractivity contribution in [3.05, 3.63) is 21.8 Å². The van der Waals surface area contributed by atoms with Gasteiger partial charge >= 0.3 is 0 Å². The molecule has 0 aromatic carbocycles. The molecule has 3 nitrogen and oxygen atoms in total. The molecule has 68 valence electrons. The third-order valence-corrected chi connectivity index (χ3v) is 2.01. The van der Waals surface area contributed by atoms with Crippen LogP contribution in [-0.4, -0.2) is 4.98 Å². The van der Waals surface area contributed by atoms with Crippen LogP contribution in [0.3, 0.4) is 0 Å². The lowest BCUT2D eigenvalue weighted by atomic mass is 10.2. The van der Waals surface area contributed by atoms with E-state index in [1.54, 1.807) is 6.07 Å². The molecule has 0 radical (unpaired) electrons. The molecule has 13 heavy (non-hydrogen) atoms. The van der Waals surface area contributed by atoms with E-state index in [2.05, 4.69) is 20.9 Å². The molecular formula is C7H4BrF2N3. The van der Waals surface area contributed by atoms with E-state index in [-0.39, 0.29) is 16.0 Å². The van der Waals surface area contributed by atoms with Crippen LogP contribution in [0.5, 0.6) is 0 Å². The van der Waals surface area contributed by atoms with Gasteiger partial charge in [-0.1, -0.05) is 0 Å². The van der Waals surface area contributed by atoms with Gasteiger partial charge in [-0.05, 0) is 22.0 Å². The molecule has 6 heteroatoms. The normalized spacial score (nSPS) is 10.1. The molecule has 0 aliphatic carbocycles. The van der Waals surface area contributed by atoms with E-state index in [1.807, 2.05) is 0 Å². The Hall–Kier alpha value is -1.22. The van der Waals surface area contributed by atoms with E-state index < -0.39 is 12.0 Å². The van der Waals surface area contributed by atoms with E-state index in [4.69, 9.17) is 11.0 Å². The van der Waals surface area contributed by atoms with Crippen molar-refractivity contribution in [3.8, 4) is 6.07 Å². The van der Waals surface area contributed by atoms with Gasteiger partial charge in [0.1, 0.15) is 11.9 Å². The van der Waals surface area contributed by atoms with Crippen LogP contribution in [0.1, 0.15) is 17.7 Å². The number of hydrogen-bond donors (Lipinski definition) is 1. The standard InChI is InChI=1S/C7H4BrF2N3/c8-4-1-3(6(9)10)5(2-11)13-7(4)12/h1,6H,(H2,12,13). The van der Waals surface area contributed by atoms with Crippen LogP contribution in [0.4, 0.5) is 14.6 Å². The molecule has 0 aliphatic heterocycles. The Morgan fingerprint density at radius 2 is 2.23 bits per heavy atom. The summed E-state index contributed by atoms with van der Waals surface area (Å²) in [5, 5.41) is 8.47. The quantitative estimate of drug-likeness (QED) is 0.828. The second kappa shape index (κ2) is 3.66. The van der Waals surface area contributed by atoms with Gasteiger partial charge in [-0.2, -0.15) is 5.26 Å². The molecule has 0 fully saturated rings. The number of halogens is 3. The average molecular weight is 248 g/mol. The molecule has 1 aromatic rings. The van der Waals surface area contributed by atoms with Crippen LogP contribution in [0.15, 0.2) is 10.5 Å². The van der Waals surface area contributed by atoms with Crippen molar-refractivity contribution in [2.24, 2.45) is 0 Å². The van der Waals surface area contributed by atoms with Crippen molar-refractivity contribution >= 4 is 21.7 Å². The van der Waals surface area contributed by atoms with E-state index >= 15 is 0 Å². The highest BCUT2D eigenvalue weighted by Crippen LogP contribution is 2.27. The van der Waals surface area contributed by atoms with Gasteiger partial charge in [-0.25, -0.2) is 13.8 Å². The van der Waals surface area contributed by atoms with E-state index in [0.29, 0.717) is 0 Å². The SMILES string of the molecule is N#Cc1nc(N)c(Br)cc1C(F)F. The van der Waals surface area contributed by atoms with E-state index in [0.717, 1.165) is 6.07 Å². The Labute approximate surface area is 81.3 Å².